The number of hydrogen-bond acceptors (Lipinski definition) is 4. The minimum atomic E-state index is -0.638. The zero-order valence-electron chi connectivity index (χ0n) is 12.1. The Morgan fingerprint density at radius 1 is 1.50 bits per heavy atom. The normalized spacial score (nSPS) is 26.4. The molecule has 6 heteroatoms. The second kappa shape index (κ2) is 4.91. The molecular formula is C14H20N4OS. The van der Waals surface area contributed by atoms with E-state index in [0.717, 1.165) is 24.6 Å². The lowest BCUT2D eigenvalue weighted by molar-refractivity contribution is -0.140. The maximum Gasteiger partial charge on any atom is 0.250 e. The van der Waals surface area contributed by atoms with Gasteiger partial charge in [-0.2, -0.15) is 5.10 Å². The maximum atomic E-state index is 12.8. The molecule has 5 nitrogen and oxygen atoms in total. The number of aliphatic imine (C=N–C) groups is 1. The summed E-state index contributed by atoms with van der Waals surface area (Å²) in [6.45, 7) is 7.46. The van der Waals surface area contributed by atoms with E-state index in [1.165, 1.54) is 0 Å². The van der Waals surface area contributed by atoms with Gasteiger partial charge in [0.1, 0.15) is 5.54 Å². The van der Waals surface area contributed by atoms with Crippen LogP contribution in [0.15, 0.2) is 23.5 Å². The number of thioether (sulfide) groups is 1. The van der Waals surface area contributed by atoms with E-state index in [1.807, 2.05) is 42.8 Å². The third kappa shape index (κ3) is 2.26. The summed E-state index contributed by atoms with van der Waals surface area (Å²) in [7, 11) is 0. The van der Waals surface area contributed by atoms with Crippen LogP contribution < -0.4 is 0 Å². The lowest BCUT2D eigenvalue weighted by Crippen LogP contribution is -2.53. The van der Waals surface area contributed by atoms with Gasteiger partial charge in [-0.05, 0) is 33.3 Å². The van der Waals surface area contributed by atoms with Gasteiger partial charge in [0.05, 0.1) is 11.1 Å². The fourth-order valence-electron chi connectivity index (χ4n) is 2.92. The van der Waals surface area contributed by atoms with Crippen molar-refractivity contribution in [3.05, 3.63) is 18.5 Å². The largest absolute Gasteiger partial charge is 0.338 e. The molecule has 0 N–H and O–H groups in total. The predicted octanol–water partition coefficient (Wildman–Crippen LogP) is 1.75. The molecule has 0 aromatic carbocycles. The van der Waals surface area contributed by atoms with E-state index in [4.69, 9.17) is 0 Å². The monoisotopic (exact) mass is 292 g/mol. The van der Waals surface area contributed by atoms with Crippen LogP contribution in [0.3, 0.4) is 0 Å². The molecule has 1 fully saturated rings. The first-order valence-corrected chi connectivity index (χ1v) is 7.87. The third-order valence-corrected chi connectivity index (χ3v) is 5.38. The minimum Gasteiger partial charge on any atom is -0.338 e. The van der Waals surface area contributed by atoms with E-state index in [-0.39, 0.29) is 11.9 Å². The van der Waals surface area contributed by atoms with Gasteiger partial charge in [0.2, 0.25) is 5.91 Å². The Hall–Kier alpha value is -1.30. The van der Waals surface area contributed by atoms with Gasteiger partial charge in [0.25, 0.3) is 0 Å². The van der Waals surface area contributed by atoms with E-state index in [0.29, 0.717) is 5.25 Å². The molecule has 3 rings (SSSR count). The Kier molecular flexibility index (Phi) is 3.36. The van der Waals surface area contributed by atoms with Gasteiger partial charge in [0, 0.05) is 30.7 Å². The number of amides is 1. The molecular weight excluding hydrogens is 272 g/mol. The summed E-state index contributed by atoms with van der Waals surface area (Å²) in [5.74, 6) is 0.129. The molecule has 0 saturated carbocycles. The Labute approximate surface area is 123 Å². The van der Waals surface area contributed by atoms with Crippen molar-refractivity contribution in [1.29, 1.82) is 0 Å². The molecule has 0 radical (unpaired) electrons. The molecule has 20 heavy (non-hydrogen) atoms. The van der Waals surface area contributed by atoms with Crippen LogP contribution in [0.25, 0.3) is 0 Å². The first-order valence-electron chi connectivity index (χ1n) is 6.99. The van der Waals surface area contributed by atoms with E-state index in [1.54, 1.807) is 10.9 Å². The molecule has 2 unspecified atom stereocenters. The van der Waals surface area contributed by atoms with Gasteiger partial charge >= 0.3 is 0 Å². The highest BCUT2D eigenvalue weighted by atomic mass is 32.2. The molecule has 1 amide bonds. The van der Waals surface area contributed by atoms with Gasteiger partial charge in [-0.3, -0.25) is 14.5 Å². The highest BCUT2D eigenvalue weighted by Crippen LogP contribution is 2.34. The smallest absolute Gasteiger partial charge is 0.250 e. The van der Waals surface area contributed by atoms with E-state index in [2.05, 4.69) is 17.0 Å². The van der Waals surface area contributed by atoms with Crippen molar-refractivity contribution in [2.75, 3.05) is 13.1 Å². The molecule has 108 valence electrons. The molecule has 3 heterocycles. The number of piperidine rings is 1. The Bertz CT molecular complexity index is 537. The molecule has 2 aliphatic heterocycles. The molecule has 2 atom stereocenters. The van der Waals surface area contributed by atoms with Gasteiger partial charge < -0.3 is 4.90 Å². The number of hydrogen-bond donors (Lipinski definition) is 0. The average Bonchev–Trinajstić information content (AvgIpc) is 3.04. The maximum absolute atomic E-state index is 12.8. The number of rotatable bonds is 2. The number of carbonyl (C=O) groups is 1. The van der Waals surface area contributed by atoms with Crippen LogP contribution in [0.4, 0.5) is 0 Å². The zero-order valence-corrected chi connectivity index (χ0v) is 12.9. The summed E-state index contributed by atoms with van der Waals surface area (Å²) in [4.78, 5) is 19.4. The van der Waals surface area contributed by atoms with Crippen LogP contribution in [0.5, 0.6) is 0 Å². The minimum absolute atomic E-state index is 0.129. The van der Waals surface area contributed by atoms with Crippen LogP contribution in [-0.4, -0.2) is 50.0 Å². The van der Waals surface area contributed by atoms with Crippen molar-refractivity contribution in [2.24, 2.45) is 4.99 Å². The molecule has 0 spiro atoms. The summed E-state index contributed by atoms with van der Waals surface area (Å²) in [5.41, 5.74) is -0.638. The lowest BCUT2D eigenvalue weighted by Gasteiger charge is -2.38. The summed E-state index contributed by atoms with van der Waals surface area (Å²) in [5, 5.41) is 5.94. The number of aromatic nitrogens is 2. The second-order valence-corrected chi connectivity index (χ2v) is 7.35. The van der Waals surface area contributed by atoms with Gasteiger partial charge in [0.15, 0.2) is 0 Å². The third-order valence-electron chi connectivity index (χ3n) is 4.08. The van der Waals surface area contributed by atoms with E-state index in [9.17, 15) is 4.79 Å². The highest BCUT2D eigenvalue weighted by molar-refractivity contribution is 8.14. The van der Waals surface area contributed by atoms with Crippen molar-refractivity contribution in [1.82, 2.24) is 14.7 Å². The molecule has 0 aliphatic carbocycles. The average molecular weight is 292 g/mol. The van der Waals surface area contributed by atoms with Crippen molar-refractivity contribution in [3.8, 4) is 0 Å². The molecule has 1 aromatic heterocycles. The van der Waals surface area contributed by atoms with Crippen LogP contribution in [0.1, 0.15) is 27.2 Å². The summed E-state index contributed by atoms with van der Waals surface area (Å²) < 4.78 is 1.74. The Morgan fingerprint density at radius 2 is 2.30 bits per heavy atom. The first-order chi connectivity index (χ1) is 9.48. The zero-order chi connectivity index (χ0) is 14.3. The topological polar surface area (TPSA) is 50.5 Å². The van der Waals surface area contributed by atoms with Crippen LogP contribution in [0.2, 0.25) is 0 Å². The molecule has 1 saturated heterocycles. The Morgan fingerprint density at radius 3 is 3.00 bits per heavy atom. The summed E-state index contributed by atoms with van der Waals surface area (Å²) >= 11 is 1.86. The van der Waals surface area contributed by atoms with Crippen LogP contribution in [0, 0.1) is 0 Å². The second-order valence-electron chi connectivity index (χ2n) is 5.92. The van der Waals surface area contributed by atoms with Crippen molar-refractivity contribution < 1.29 is 4.79 Å². The van der Waals surface area contributed by atoms with Crippen molar-refractivity contribution in [3.63, 3.8) is 0 Å². The number of carbonyl (C=O) groups excluding carboxylic acids is 1. The molecule has 2 aliphatic rings. The van der Waals surface area contributed by atoms with Crippen molar-refractivity contribution in [2.45, 2.75) is 44.0 Å². The SMILES string of the molecule is CC1=NC2CN(C(=O)C(C)(C)n3cccn3)CCC2S1. The van der Waals surface area contributed by atoms with Crippen LogP contribution in [-0.2, 0) is 10.3 Å². The highest BCUT2D eigenvalue weighted by Gasteiger charge is 2.40. The Balaban J connectivity index is 1.75. The first kappa shape index (κ1) is 13.7. The van der Waals surface area contributed by atoms with Gasteiger partial charge in [-0.1, -0.05) is 0 Å². The van der Waals surface area contributed by atoms with Crippen molar-refractivity contribution >= 4 is 22.7 Å². The predicted molar refractivity (Wildman–Crippen MR) is 81.0 cm³/mol. The fraction of sp³-hybridized carbons (Fsp3) is 0.643. The lowest BCUT2D eigenvalue weighted by atomic mass is 9.99. The van der Waals surface area contributed by atoms with Gasteiger partial charge in [-0.25, -0.2) is 0 Å². The fourth-order valence-corrected chi connectivity index (χ4v) is 4.09. The van der Waals surface area contributed by atoms with E-state index >= 15 is 0 Å². The van der Waals surface area contributed by atoms with Crippen LogP contribution >= 0.6 is 11.8 Å². The number of likely N-dealkylation sites (tertiary alicyclic amines) is 1. The van der Waals surface area contributed by atoms with E-state index < -0.39 is 5.54 Å². The molecule has 0 bridgehead atoms. The summed E-state index contributed by atoms with van der Waals surface area (Å²) in [6, 6.07) is 2.12. The van der Waals surface area contributed by atoms with Gasteiger partial charge in [-0.15, -0.1) is 11.8 Å². The quantitative estimate of drug-likeness (QED) is 0.834. The molecule has 1 aromatic rings. The number of fused-ring (bicyclic) bond motifs is 1. The standard InChI is InChI=1S/C14H20N4OS/c1-10-16-11-9-17(8-5-12(11)20-10)13(19)14(2,3)18-7-4-6-15-18/h4,6-7,11-12H,5,8-9H2,1-3H3. The number of nitrogens with zero attached hydrogens (tertiary/aromatic N) is 4. The summed E-state index contributed by atoms with van der Waals surface area (Å²) in [6.07, 6.45) is 4.58.